The van der Waals surface area contributed by atoms with E-state index in [2.05, 4.69) is 69.2 Å². The van der Waals surface area contributed by atoms with Crippen LogP contribution in [0.5, 0.6) is 0 Å². The molecule has 3 fully saturated rings. The molecule has 2 saturated heterocycles. The van der Waals surface area contributed by atoms with Crippen molar-refractivity contribution in [2.75, 3.05) is 12.3 Å². The Morgan fingerprint density at radius 2 is 2.10 bits per heavy atom. The van der Waals surface area contributed by atoms with Crippen molar-refractivity contribution >= 4 is 54.2 Å². The molecule has 40 heavy (non-hydrogen) atoms. The SMILES string of the molecule is C=C(C)[C@H]1CC[C@@]2(C)S[P@](=S)(O[C@H]3[C@@H](O)[C@H](n4cnc5c(N)ncnc54)O[C@@H]3CO[Si](C)(C)C(C)(C)C)O[C@@H]2C1. The van der Waals surface area contributed by atoms with E-state index >= 15 is 0 Å². The standard InChI is InChI=1S/C26H42N5O5PS2Si/c1-15(2)16-9-10-26(6)18(11-16)35-37(38,39-26)36-21-17(12-33-40(7,8)25(3,4)5)34-24(20(21)32)31-14-30-19-22(27)28-13-29-23(19)31/h13-14,16-18,20-21,24,32H,1,9-12H2,2-8H3,(H2,27,28,29)/t16-,17+,18+,20+,21+,24+,26+,37-/m0/s1. The number of nitrogens with two attached hydrogens (primary N) is 1. The minimum absolute atomic E-state index is 0.00966. The molecule has 2 aliphatic heterocycles. The van der Waals surface area contributed by atoms with E-state index in [0.29, 0.717) is 17.1 Å². The van der Waals surface area contributed by atoms with E-state index in [9.17, 15) is 5.11 Å². The van der Waals surface area contributed by atoms with Gasteiger partial charge in [0.15, 0.2) is 26.0 Å². The van der Waals surface area contributed by atoms with Crippen LogP contribution in [0.15, 0.2) is 24.8 Å². The molecular formula is C26H42N5O5PS2Si. The van der Waals surface area contributed by atoms with Crippen LogP contribution in [-0.4, -0.2) is 68.7 Å². The number of hydrogen-bond donors (Lipinski definition) is 2. The molecule has 0 unspecified atom stereocenters. The Balaban J connectivity index is 1.42. The molecule has 10 nitrogen and oxygen atoms in total. The summed E-state index contributed by atoms with van der Waals surface area (Å²) in [4.78, 5) is 12.7. The van der Waals surface area contributed by atoms with Gasteiger partial charge in [0.2, 0.25) is 5.69 Å². The molecule has 3 aliphatic rings. The van der Waals surface area contributed by atoms with E-state index in [4.69, 9.17) is 35.8 Å². The van der Waals surface area contributed by atoms with Gasteiger partial charge in [0.1, 0.15) is 30.2 Å². The zero-order valence-electron chi connectivity index (χ0n) is 24.4. The number of aliphatic hydroxyl groups excluding tert-OH is 1. The van der Waals surface area contributed by atoms with Crippen LogP contribution in [0, 0.1) is 5.92 Å². The van der Waals surface area contributed by atoms with Crippen molar-refractivity contribution in [3.8, 4) is 0 Å². The number of fused-ring (bicyclic) bond motifs is 2. The Labute approximate surface area is 246 Å². The lowest BCUT2D eigenvalue weighted by Gasteiger charge is -2.37. The lowest BCUT2D eigenvalue weighted by atomic mass is 9.77. The second-order valence-corrected chi connectivity index (χ2v) is 24.4. The molecule has 0 radical (unpaired) electrons. The highest BCUT2D eigenvalue weighted by Crippen LogP contribution is 2.76. The Hall–Kier alpha value is -0.893. The molecule has 222 valence electrons. The van der Waals surface area contributed by atoms with E-state index in [1.165, 1.54) is 11.9 Å². The Morgan fingerprint density at radius 3 is 2.77 bits per heavy atom. The zero-order chi connectivity index (χ0) is 29.3. The van der Waals surface area contributed by atoms with Gasteiger partial charge in [0.05, 0.1) is 19.0 Å². The van der Waals surface area contributed by atoms with Crippen molar-refractivity contribution < 1.29 is 23.3 Å². The summed E-state index contributed by atoms with van der Waals surface area (Å²) in [5.74, 6) is 0.677. The average Bonchev–Trinajstić information content (AvgIpc) is 3.48. The number of rotatable bonds is 7. The molecule has 1 aliphatic carbocycles. The van der Waals surface area contributed by atoms with E-state index in [-0.39, 0.29) is 28.3 Å². The molecule has 2 aromatic rings. The Bertz CT molecular complexity index is 1340. The molecule has 4 heterocycles. The van der Waals surface area contributed by atoms with Crippen LogP contribution in [-0.2, 0) is 30.0 Å². The van der Waals surface area contributed by atoms with E-state index < -0.39 is 38.6 Å². The summed E-state index contributed by atoms with van der Waals surface area (Å²) in [5.41, 5.74) is 5.30. The molecular weight excluding hydrogens is 586 g/mol. The highest BCUT2D eigenvalue weighted by Gasteiger charge is 2.57. The summed E-state index contributed by atoms with van der Waals surface area (Å²) in [7, 11) is -2.12. The second kappa shape index (κ2) is 10.7. The van der Waals surface area contributed by atoms with Gasteiger partial charge in [-0.15, -0.1) is 0 Å². The van der Waals surface area contributed by atoms with Gasteiger partial charge in [0, 0.05) is 4.75 Å². The first-order valence-corrected chi connectivity index (χ1v) is 20.7. The van der Waals surface area contributed by atoms with Crippen molar-refractivity contribution in [3.63, 3.8) is 0 Å². The smallest absolute Gasteiger partial charge is 0.248 e. The fraction of sp³-hybridized carbons (Fsp3) is 0.731. The van der Waals surface area contributed by atoms with Crippen molar-refractivity contribution in [3.05, 3.63) is 24.8 Å². The maximum atomic E-state index is 11.7. The number of nitrogens with zero attached hydrogens (tertiary/aromatic N) is 4. The van der Waals surface area contributed by atoms with Gasteiger partial charge in [-0.1, -0.05) is 44.3 Å². The molecule has 0 aromatic carbocycles. The molecule has 0 amide bonds. The van der Waals surface area contributed by atoms with Crippen LogP contribution in [0.25, 0.3) is 11.2 Å². The molecule has 8 atom stereocenters. The first-order chi connectivity index (χ1) is 18.5. The monoisotopic (exact) mass is 627 g/mol. The third-order valence-electron chi connectivity index (χ3n) is 9.08. The van der Waals surface area contributed by atoms with Crippen molar-refractivity contribution in [2.24, 2.45) is 5.92 Å². The summed E-state index contributed by atoms with van der Waals surface area (Å²) in [6, 6.07) is 0. The first-order valence-electron chi connectivity index (χ1n) is 13.8. The van der Waals surface area contributed by atoms with Crippen LogP contribution in [0.3, 0.4) is 0 Å². The number of hydrogen-bond acceptors (Lipinski definition) is 11. The molecule has 2 aromatic heterocycles. The highest BCUT2D eigenvalue weighted by atomic mass is 32.9. The van der Waals surface area contributed by atoms with Gasteiger partial charge < -0.3 is 29.1 Å². The predicted octanol–water partition coefficient (Wildman–Crippen LogP) is 5.57. The fourth-order valence-corrected chi connectivity index (χ4v) is 13.9. The minimum Gasteiger partial charge on any atom is -0.414 e. The number of anilines is 1. The van der Waals surface area contributed by atoms with Crippen LogP contribution >= 0.6 is 17.1 Å². The van der Waals surface area contributed by atoms with Crippen molar-refractivity contribution in [1.82, 2.24) is 19.5 Å². The molecule has 0 bridgehead atoms. The second-order valence-electron chi connectivity index (χ2n) is 13.0. The minimum atomic E-state index is -2.81. The van der Waals surface area contributed by atoms with Crippen LogP contribution < -0.4 is 5.73 Å². The summed E-state index contributed by atoms with van der Waals surface area (Å²) < 4.78 is 27.8. The highest BCUT2D eigenvalue weighted by molar-refractivity contribution is 8.68. The fourth-order valence-electron chi connectivity index (χ4n) is 5.36. The Kier molecular flexibility index (Phi) is 8.16. The largest absolute Gasteiger partial charge is 0.414 e. The normalized spacial score (nSPS) is 36.7. The average molecular weight is 628 g/mol. The number of imidazole rings is 1. The predicted molar refractivity (Wildman–Crippen MR) is 165 cm³/mol. The van der Waals surface area contributed by atoms with Crippen LogP contribution in [0.2, 0.25) is 18.1 Å². The molecule has 5 rings (SSSR count). The summed E-state index contributed by atoms with van der Waals surface area (Å²) in [5, 5.41) is 11.7. The summed E-state index contributed by atoms with van der Waals surface area (Å²) >= 11 is 7.73. The first kappa shape index (κ1) is 30.6. The third kappa shape index (κ3) is 5.58. The topological polar surface area (TPSA) is 127 Å². The number of nitrogen functional groups attached to an aromatic ring is 1. The number of aliphatic hydroxyl groups is 1. The number of aromatic nitrogens is 4. The van der Waals surface area contributed by atoms with Crippen LogP contribution in [0.1, 0.15) is 60.1 Å². The maximum absolute atomic E-state index is 11.7. The van der Waals surface area contributed by atoms with Crippen molar-refractivity contribution in [2.45, 2.75) is 107 Å². The molecule has 0 spiro atoms. The molecule has 14 heteroatoms. The van der Waals surface area contributed by atoms with Crippen molar-refractivity contribution in [1.29, 1.82) is 0 Å². The van der Waals surface area contributed by atoms with E-state index in [0.717, 1.165) is 19.3 Å². The maximum Gasteiger partial charge on any atom is 0.248 e. The van der Waals surface area contributed by atoms with E-state index in [1.807, 2.05) is 0 Å². The molecule has 3 N–H and O–H groups in total. The lowest BCUT2D eigenvalue weighted by Crippen LogP contribution is -2.45. The Morgan fingerprint density at radius 1 is 1.38 bits per heavy atom. The molecule has 1 saturated carbocycles. The lowest BCUT2D eigenvalue weighted by molar-refractivity contribution is -0.0485. The van der Waals surface area contributed by atoms with E-state index in [1.54, 1.807) is 22.3 Å². The third-order valence-corrected chi connectivity index (χ3v) is 19.3. The summed E-state index contributed by atoms with van der Waals surface area (Å²) in [6.07, 6.45) is 2.61. The zero-order valence-corrected chi connectivity index (χ0v) is 27.9. The van der Waals surface area contributed by atoms with Gasteiger partial charge in [0.25, 0.3) is 0 Å². The number of allylic oxidation sites excluding steroid dienone is 1. The summed E-state index contributed by atoms with van der Waals surface area (Å²) in [6.45, 7) is 19.7. The number of ether oxygens (including phenoxy) is 1. The van der Waals surface area contributed by atoms with Gasteiger partial charge in [-0.2, -0.15) is 0 Å². The van der Waals surface area contributed by atoms with Gasteiger partial charge in [-0.3, -0.25) is 4.57 Å². The van der Waals surface area contributed by atoms with Gasteiger partial charge in [-0.05, 0) is 69.0 Å². The van der Waals surface area contributed by atoms with Gasteiger partial charge in [-0.25, -0.2) is 15.0 Å². The van der Waals surface area contributed by atoms with Gasteiger partial charge >= 0.3 is 0 Å². The van der Waals surface area contributed by atoms with Crippen LogP contribution in [0.4, 0.5) is 5.82 Å². The quantitative estimate of drug-likeness (QED) is 0.227.